The maximum absolute atomic E-state index is 13.0. The van der Waals surface area contributed by atoms with Crippen LogP contribution in [0.4, 0.5) is 0 Å². The van der Waals surface area contributed by atoms with E-state index in [9.17, 15) is 9.59 Å². The van der Waals surface area contributed by atoms with Gasteiger partial charge in [-0.1, -0.05) is 23.9 Å². The van der Waals surface area contributed by atoms with E-state index in [4.69, 9.17) is 4.74 Å². The number of aromatic nitrogens is 4. The Morgan fingerprint density at radius 2 is 1.81 bits per heavy atom. The number of Topliss-reactive ketones (excluding diaryl/α,β-unsaturated/α-hetero) is 1. The minimum atomic E-state index is -0.377. The van der Waals surface area contributed by atoms with Gasteiger partial charge in [0.05, 0.1) is 11.9 Å². The molecule has 8 heteroatoms. The molecule has 0 spiro atoms. The molecule has 0 amide bonds. The minimum absolute atomic E-state index is 0.0116. The zero-order valence-corrected chi connectivity index (χ0v) is 19.2. The number of carbonyl (C=O) groups excluding carboxylic acids is 1. The summed E-state index contributed by atoms with van der Waals surface area (Å²) in [5, 5.41) is 8.38. The van der Waals surface area contributed by atoms with E-state index in [0.29, 0.717) is 23.0 Å². The Bertz CT molecular complexity index is 1340. The number of nitrogens with zero attached hydrogens (tertiary/aromatic N) is 4. The minimum Gasteiger partial charge on any atom is -0.494 e. The Kier molecular flexibility index (Phi) is 6.14. The molecule has 164 valence electrons. The summed E-state index contributed by atoms with van der Waals surface area (Å²) >= 11 is 1.29. The molecule has 0 saturated heterocycles. The molecule has 0 N–H and O–H groups in total. The van der Waals surface area contributed by atoms with Gasteiger partial charge in [-0.05, 0) is 69.2 Å². The van der Waals surface area contributed by atoms with Crippen molar-refractivity contribution in [2.24, 2.45) is 0 Å². The highest BCUT2D eigenvalue weighted by molar-refractivity contribution is 8.00. The van der Waals surface area contributed by atoms with Crippen molar-refractivity contribution in [2.75, 3.05) is 6.61 Å². The third-order valence-corrected chi connectivity index (χ3v) is 6.36. The Labute approximate surface area is 190 Å². The van der Waals surface area contributed by atoms with Crippen LogP contribution in [0.2, 0.25) is 0 Å². The number of hydrogen-bond donors (Lipinski definition) is 0. The smallest absolute Gasteiger partial charge is 0.300 e. The number of benzene rings is 2. The fourth-order valence-corrected chi connectivity index (χ4v) is 4.27. The summed E-state index contributed by atoms with van der Waals surface area (Å²) in [6.45, 7) is 8.35. The molecule has 2 heterocycles. The summed E-state index contributed by atoms with van der Waals surface area (Å²) in [5.74, 6) is 0.756. The van der Waals surface area contributed by atoms with Gasteiger partial charge in [0.25, 0.3) is 0 Å². The van der Waals surface area contributed by atoms with Crippen LogP contribution in [-0.4, -0.2) is 36.8 Å². The maximum Gasteiger partial charge on any atom is 0.300 e. The molecule has 7 nitrogen and oxygen atoms in total. The van der Waals surface area contributed by atoms with Crippen molar-refractivity contribution >= 4 is 23.2 Å². The Hall–Kier alpha value is -3.39. The molecule has 0 aliphatic heterocycles. The number of rotatable bonds is 7. The van der Waals surface area contributed by atoms with Crippen LogP contribution in [0.5, 0.6) is 5.75 Å². The summed E-state index contributed by atoms with van der Waals surface area (Å²) in [5.41, 5.74) is 3.51. The monoisotopic (exact) mass is 448 g/mol. The van der Waals surface area contributed by atoms with Crippen LogP contribution in [0.3, 0.4) is 0 Å². The summed E-state index contributed by atoms with van der Waals surface area (Å²) in [6.07, 6.45) is 3.41. The lowest BCUT2D eigenvalue weighted by atomic mass is 10.0. The average Bonchev–Trinajstić information content (AvgIpc) is 3.20. The Morgan fingerprint density at radius 1 is 1.06 bits per heavy atom. The molecule has 0 fully saturated rings. The van der Waals surface area contributed by atoms with Crippen LogP contribution >= 0.6 is 11.8 Å². The van der Waals surface area contributed by atoms with Crippen molar-refractivity contribution in [1.82, 2.24) is 19.2 Å². The zero-order valence-electron chi connectivity index (χ0n) is 18.4. The van der Waals surface area contributed by atoms with E-state index in [2.05, 4.69) is 10.2 Å². The lowest BCUT2D eigenvalue weighted by molar-refractivity contribution is 0.0993. The van der Waals surface area contributed by atoms with Crippen LogP contribution in [0.25, 0.3) is 11.3 Å². The van der Waals surface area contributed by atoms with Crippen LogP contribution in [0.15, 0.2) is 64.8 Å². The van der Waals surface area contributed by atoms with Crippen molar-refractivity contribution < 1.29 is 9.53 Å². The SMILES string of the molecule is CCOc1ccc(-n2ccn3c(S[C@@H](C)C(=O)c4ccc(C)c(C)c4)nnc3c2=O)cc1. The fraction of sp³-hybridized carbons (Fsp3) is 0.250. The van der Waals surface area contributed by atoms with E-state index < -0.39 is 0 Å². The first-order valence-corrected chi connectivity index (χ1v) is 11.2. The fourth-order valence-electron chi connectivity index (χ4n) is 3.36. The first-order valence-electron chi connectivity index (χ1n) is 10.4. The second-order valence-electron chi connectivity index (χ2n) is 7.50. The van der Waals surface area contributed by atoms with Crippen LogP contribution in [-0.2, 0) is 0 Å². The van der Waals surface area contributed by atoms with Gasteiger partial charge in [0, 0.05) is 23.6 Å². The number of aryl methyl sites for hydroxylation is 2. The quantitative estimate of drug-likeness (QED) is 0.311. The summed E-state index contributed by atoms with van der Waals surface area (Å²) in [6, 6.07) is 13.0. The molecule has 2 aromatic heterocycles. The van der Waals surface area contributed by atoms with Gasteiger partial charge in [0.2, 0.25) is 5.65 Å². The van der Waals surface area contributed by atoms with E-state index >= 15 is 0 Å². The number of ketones is 1. The molecule has 0 aliphatic rings. The summed E-state index contributed by atoms with van der Waals surface area (Å²) < 4.78 is 8.60. The normalized spacial score (nSPS) is 12.1. The predicted octanol–water partition coefficient (Wildman–Crippen LogP) is 4.26. The van der Waals surface area contributed by atoms with E-state index in [1.165, 1.54) is 16.3 Å². The standard InChI is InChI=1S/C24H24N4O3S/c1-5-31-20-10-8-19(9-11-20)27-12-13-28-22(23(27)30)25-26-24(28)32-17(4)21(29)18-7-6-15(2)16(3)14-18/h6-14,17H,5H2,1-4H3/t17-/m0/s1. The highest BCUT2D eigenvalue weighted by Crippen LogP contribution is 2.25. The van der Waals surface area contributed by atoms with Crippen LogP contribution < -0.4 is 10.3 Å². The first-order chi connectivity index (χ1) is 15.4. The summed E-state index contributed by atoms with van der Waals surface area (Å²) in [7, 11) is 0. The molecule has 1 atom stereocenters. The molecule has 2 aromatic carbocycles. The number of fused-ring (bicyclic) bond motifs is 1. The largest absolute Gasteiger partial charge is 0.494 e. The average molecular weight is 449 g/mol. The van der Waals surface area contributed by atoms with E-state index in [1.54, 1.807) is 16.8 Å². The molecule has 0 unspecified atom stereocenters. The molecule has 0 bridgehead atoms. The van der Waals surface area contributed by atoms with E-state index in [-0.39, 0.29) is 22.2 Å². The zero-order chi connectivity index (χ0) is 22.8. The highest BCUT2D eigenvalue weighted by atomic mass is 32.2. The van der Waals surface area contributed by atoms with Crippen molar-refractivity contribution in [3.63, 3.8) is 0 Å². The van der Waals surface area contributed by atoms with Gasteiger partial charge in [-0.25, -0.2) is 0 Å². The molecular formula is C24H24N4O3S. The third-order valence-electron chi connectivity index (χ3n) is 5.31. The van der Waals surface area contributed by atoms with Crippen molar-refractivity contribution in [1.29, 1.82) is 0 Å². The Balaban J connectivity index is 1.59. The highest BCUT2D eigenvalue weighted by Gasteiger charge is 2.21. The number of ether oxygens (including phenoxy) is 1. The van der Waals surface area contributed by atoms with Crippen molar-refractivity contribution in [3.05, 3.63) is 81.9 Å². The molecule has 32 heavy (non-hydrogen) atoms. The van der Waals surface area contributed by atoms with Gasteiger partial charge < -0.3 is 4.74 Å². The van der Waals surface area contributed by atoms with Gasteiger partial charge in [-0.3, -0.25) is 18.6 Å². The van der Waals surface area contributed by atoms with Gasteiger partial charge in [0.1, 0.15) is 5.75 Å². The van der Waals surface area contributed by atoms with Crippen LogP contribution in [0, 0.1) is 13.8 Å². The second-order valence-corrected chi connectivity index (χ2v) is 8.81. The van der Waals surface area contributed by atoms with E-state index in [0.717, 1.165) is 16.9 Å². The molecule has 4 aromatic rings. The molecule has 0 aliphatic carbocycles. The molecule has 0 saturated carbocycles. The van der Waals surface area contributed by atoms with Gasteiger partial charge in [0.15, 0.2) is 10.9 Å². The van der Waals surface area contributed by atoms with Crippen molar-refractivity contribution in [3.8, 4) is 11.4 Å². The second kappa shape index (κ2) is 9.00. The maximum atomic E-state index is 13.0. The predicted molar refractivity (Wildman–Crippen MR) is 125 cm³/mol. The van der Waals surface area contributed by atoms with Gasteiger partial charge >= 0.3 is 5.56 Å². The summed E-state index contributed by atoms with van der Waals surface area (Å²) in [4.78, 5) is 25.9. The third kappa shape index (κ3) is 4.18. The molecule has 4 rings (SSSR count). The lowest BCUT2D eigenvalue weighted by Gasteiger charge is -2.11. The molecular weight excluding hydrogens is 424 g/mol. The van der Waals surface area contributed by atoms with E-state index in [1.807, 2.05) is 70.2 Å². The number of thioether (sulfide) groups is 1. The number of hydrogen-bond acceptors (Lipinski definition) is 6. The van der Waals surface area contributed by atoms with Crippen molar-refractivity contribution in [2.45, 2.75) is 38.1 Å². The molecule has 0 radical (unpaired) electrons. The Morgan fingerprint density at radius 3 is 2.50 bits per heavy atom. The topological polar surface area (TPSA) is 78.5 Å². The first kappa shape index (κ1) is 21.8. The lowest BCUT2D eigenvalue weighted by Crippen LogP contribution is -2.20. The number of carbonyl (C=O) groups is 1. The van der Waals surface area contributed by atoms with Gasteiger partial charge in [-0.15, -0.1) is 10.2 Å². The van der Waals surface area contributed by atoms with Gasteiger partial charge in [-0.2, -0.15) is 0 Å². The van der Waals surface area contributed by atoms with Crippen LogP contribution in [0.1, 0.15) is 35.3 Å².